The van der Waals surface area contributed by atoms with E-state index in [1.54, 1.807) is 41.3 Å². The molecule has 0 aliphatic carbocycles. The molecule has 1 aliphatic rings. The molecule has 0 bridgehead atoms. The van der Waals surface area contributed by atoms with Gasteiger partial charge in [0.25, 0.3) is 17.7 Å². The Kier molecular flexibility index (Phi) is 6.87. The number of hydrogen-bond acceptors (Lipinski definition) is 5. The highest BCUT2D eigenvalue weighted by Crippen LogP contribution is 2.39. The molecule has 3 amide bonds. The Morgan fingerprint density at radius 2 is 1.74 bits per heavy atom. The molecule has 212 valence electrons. The molecule has 9 nitrogen and oxygen atoms in total. The molecule has 3 heterocycles. The Morgan fingerprint density at radius 3 is 2.45 bits per heavy atom. The van der Waals surface area contributed by atoms with Gasteiger partial charge in [0.1, 0.15) is 11.5 Å². The van der Waals surface area contributed by atoms with Gasteiger partial charge in [0.05, 0.1) is 23.0 Å². The normalized spacial score (nSPS) is 13.9. The average Bonchev–Trinajstić information content (AvgIpc) is 3.37. The largest absolute Gasteiger partial charge is 0.366 e. The van der Waals surface area contributed by atoms with Crippen molar-refractivity contribution in [3.05, 3.63) is 95.3 Å². The second-order valence-electron chi connectivity index (χ2n) is 10.2. The van der Waals surface area contributed by atoms with Crippen molar-refractivity contribution in [2.45, 2.75) is 0 Å². The molecular weight excluding hydrogens is 542 g/mol. The maximum atomic E-state index is 15.9. The van der Waals surface area contributed by atoms with Crippen LogP contribution in [0.2, 0.25) is 0 Å². The molecule has 4 N–H and O–H groups in total. The van der Waals surface area contributed by atoms with Crippen LogP contribution in [0.25, 0.3) is 32.9 Å². The summed E-state index contributed by atoms with van der Waals surface area (Å²) in [4.78, 5) is 49.2. The van der Waals surface area contributed by atoms with Crippen LogP contribution in [0.15, 0.2) is 66.9 Å². The van der Waals surface area contributed by atoms with E-state index in [-0.39, 0.29) is 28.4 Å². The number of piperazine rings is 1. The number of nitrogens with two attached hydrogens (primary N) is 1. The molecule has 1 fully saturated rings. The van der Waals surface area contributed by atoms with Gasteiger partial charge in [-0.05, 0) is 49.0 Å². The molecule has 5 aromatic rings. The predicted molar refractivity (Wildman–Crippen MR) is 155 cm³/mol. The second-order valence-corrected chi connectivity index (χ2v) is 10.2. The van der Waals surface area contributed by atoms with E-state index in [0.29, 0.717) is 46.0 Å². The number of carbonyl (C=O) groups excluding carboxylic acids is 3. The zero-order valence-electron chi connectivity index (χ0n) is 22.6. The van der Waals surface area contributed by atoms with Crippen LogP contribution in [0.3, 0.4) is 0 Å². The maximum Gasteiger partial charge on any atom is 0.274 e. The predicted octanol–water partition coefficient (Wildman–Crippen LogP) is 4.40. The SMILES string of the molecule is CN1CCN(C(=O)c2ccc3c(c2)[nH]c2c(C(N)=O)ccc(-c4cccc(NC(=O)c5ccc(F)cn5)c4F)c23)CC1. The summed E-state index contributed by atoms with van der Waals surface area (Å²) in [5.74, 6) is -2.77. The lowest BCUT2D eigenvalue weighted by atomic mass is 9.95. The molecule has 3 aromatic carbocycles. The minimum Gasteiger partial charge on any atom is -0.366 e. The third-order valence-corrected chi connectivity index (χ3v) is 7.55. The van der Waals surface area contributed by atoms with Crippen molar-refractivity contribution in [1.29, 1.82) is 0 Å². The van der Waals surface area contributed by atoms with Gasteiger partial charge in [-0.25, -0.2) is 13.8 Å². The van der Waals surface area contributed by atoms with E-state index < -0.39 is 23.4 Å². The van der Waals surface area contributed by atoms with Gasteiger partial charge in [-0.2, -0.15) is 0 Å². The number of rotatable bonds is 5. The molecule has 0 spiro atoms. The number of aromatic nitrogens is 2. The highest BCUT2D eigenvalue weighted by Gasteiger charge is 2.23. The lowest BCUT2D eigenvalue weighted by Crippen LogP contribution is -2.47. The van der Waals surface area contributed by atoms with Gasteiger partial charge in [0.15, 0.2) is 5.82 Å². The molecule has 0 atom stereocenters. The molecule has 6 rings (SSSR count). The number of nitrogens with one attached hydrogen (secondary N) is 2. The van der Waals surface area contributed by atoms with Crippen molar-refractivity contribution in [3.63, 3.8) is 0 Å². The number of pyridine rings is 1. The summed E-state index contributed by atoms with van der Waals surface area (Å²) in [6.07, 6.45) is 0.903. The van der Waals surface area contributed by atoms with Gasteiger partial charge in [0, 0.05) is 53.6 Å². The number of H-pyrrole nitrogens is 1. The number of nitrogens with zero attached hydrogens (tertiary/aromatic N) is 3. The Hall–Kier alpha value is -5.16. The summed E-state index contributed by atoms with van der Waals surface area (Å²) in [6.45, 7) is 2.83. The van der Waals surface area contributed by atoms with Crippen molar-refractivity contribution in [2.75, 3.05) is 38.5 Å². The molecule has 0 saturated carbocycles. The van der Waals surface area contributed by atoms with Gasteiger partial charge in [-0.1, -0.05) is 24.3 Å². The zero-order chi connectivity index (χ0) is 29.5. The standard InChI is InChI=1S/C31H26F2N6O3/c1-38-11-13-39(14-12-38)31(42)17-5-7-21-25(15-17)36-28-22(29(34)40)9-8-19(26(21)28)20-3-2-4-23(27(20)33)37-30(41)24-10-6-18(32)16-35-24/h2-10,15-16,36H,11-14H2,1H3,(H2,34,40)(H,37,41). The van der Waals surface area contributed by atoms with E-state index in [2.05, 4.69) is 20.2 Å². The minimum absolute atomic E-state index is 0.0760. The summed E-state index contributed by atoms with van der Waals surface area (Å²) in [6, 6.07) is 15.2. The molecule has 1 aliphatic heterocycles. The topological polar surface area (TPSA) is 124 Å². The first-order chi connectivity index (χ1) is 20.2. The van der Waals surface area contributed by atoms with E-state index in [1.165, 1.54) is 18.2 Å². The van der Waals surface area contributed by atoms with E-state index in [1.807, 2.05) is 7.05 Å². The van der Waals surface area contributed by atoms with Gasteiger partial charge in [-0.3, -0.25) is 14.4 Å². The average molecular weight is 569 g/mol. The number of aromatic amines is 1. The van der Waals surface area contributed by atoms with Crippen LogP contribution in [0, 0.1) is 11.6 Å². The van der Waals surface area contributed by atoms with Crippen LogP contribution >= 0.6 is 0 Å². The van der Waals surface area contributed by atoms with E-state index in [4.69, 9.17) is 5.73 Å². The van der Waals surface area contributed by atoms with Crippen LogP contribution < -0.4 is 11.1 Å². The highest BCUT2D eigenvalue weighted by molar-refractivity contribution is 6.20. The minimum atomic E-state index is -0.711. The monoisotopic (exact) mass is 568 g/mol. The van der Waals surface area contributed by atoms with Gasteiger partial charge >= 0.3 is 0 Å². The fraction of sp³-hybridized carbons (Fsp3) is 0.161. The number of halogens is 2. The third-order valence-electron chi connectivity index (χ3n) is 7.55. The number of fused-ring (bicyclic) bond motifs is 3. The molecule has 2 aromatic heterocycles. The van der Waals surface area contributed by atoms with Crippen molar-refractivity contribution in [2.24, 2.45) is 5.73 Å². The van der Waals surface area contributed by atoms with Crippen LogP contribution in [-0.4, -0.2) is 70.7 Å². The van der Waals surface area contributed by atoms with Crippen molar-refractivity contribution >= 4 is 45.2 Å². The van der Waals surface area contributed by atoms with Gasteiger partial charge < -0.3 is 25.8 Å². The van der Waals surface area contributed by atoms with E-state index in [0.717, 1.165) is 25.4 Å². The first-order valence-electron chi connectivity index (χ1n) is 13.3. The summed E-state index contributed by atoms with van der Waals surface area (Å²) >= 11 is 0. The Morgan fingerprint density at radius 1 is 0.952 bits per heavy atom. The second kappa shape index (κ2) is 10.7. The molecule has 0 radical (unpaired) electrons. The summed E-state index contributed by atoms with van der Waals surface area (Å²) in [5, 5.41) is 3.71. The first-order valence-corrected chi connectivity index (χ1v) is 13.3. The maximum absolute atomic E-state index is 15.9. The summed E-state index contributed by atoms with van der Waals surface area (Å²) < 4.78 is 29.2. The number of anilines is 1. The quantitative estimate of drug-likeness (QED) is 0.290. The van der Waals surface area contributed by atoms with Crippen LogP contribution in [-0.2, 0) is 0 Å². The van der Waals surface area contributed by atoms with Gasteiger partial charge in [0.2, 0.25) is 0 Å². The molecule has 42 heavy (non-hydrogen) atoms. The first kappa shape index (κ1) is 27.0. The Balaban J connectivity index is 1.43. The van der Waals surface area contributed by atoms with Gasteiger partial charge in [-0.15, -0.1) is 0 Å². The lowest BCUT2D eigenvalue weighted by molar-refractivity contribution is 0.0664. The number of carbonyl (C=O) groups is 3. The number of benzene rings is 3. The lowest BCUT2D eigenvalue weighted by Gasteiger charge is -2.32. The van der Waals surface area contributed by atoms with E-state index in [9.17, 15) is 18.8 Å². The smallest absolute Gasteiger partial charge is 0.274 e. The van der Waals surface area contributed by atoms with Crippen LogP contribution in [0.4, 0.5) is 14.5 Å². The Labute approximate surface area is 238 Å². The summed E-state index contributed by atoms with van der Waals surface area (Å²) in [7, 11) is 2.02. The fourth-order valence-electron chi connectivity index (χ4n) is 5.30. The third kappa shape index (κ3) is 4.83. The molecule has 11 heteroatoms. The van der Waals surface area contributed by atoms with Crippen LogP contribution in [0.1, 0.15) is 31.2 Å². The van der Waals surface area contributed by atoms with Crippen molar-refractivity contribution < 1.29 is 23.2 Å². The summed E-state index contributed by atoms with van der Waals surface area (Å²) in [5.41, 5.74) is 7.82. The van der Waals surface area contributed by atoms with Crippen LogP contribution in [0.5, 0.6) is 0 Å². The van der Waals surface area contributed by atoms with Crippen molar-refractivity contribution in [3.8, 4) is 11.1 Å². The van der Waals surface area contributed by atoms with Crippen molar-refractivity contribution in [1.82, 2.24) is 19.8 Å². The number of amides is 3. The highest BCUT2D eigenvalue weighted by atomic mass is 19.1. The Bertz CT molecular complexity index is 1880. The number of likely N-dealkylation sites (N-methyl/N-ethyl adjacent to an activating group) is 1. The molecule has 1 saturated heterocycles. The number of hydrogen-bond donors (Lipinski definition) is 3. The molecule has 0 unspecified atom stereocenters. The molecular formula is C31H26F2N6O3. The van der Waals surface area contributed by atoms with E-state index >= 15 is 4.39 Å². The zero-order valence-corrected chi connectivity index (χ0v) is 22.6. The fourth-order valence-corrected chi connectivity index (χ4v) is 5.30. The number of primary amides is 1.